The fraction of sp³-hybridized carbons (Fsp3) is 0.273. The number of guanidine groups is 1. The molecule has 0 bridgehead atoms. The maximum atomic E-state index is 6.09. The largest absolute Gasteiger partial charge is 0.439 e. The summed E-state index contributed by atoms with van der Waals surface area (Å²) in [5, 5.41) is 3.24. The fourth-order valence-corrected chi connectivity index (χ4v) is 3.46. The lowest BCUT2D eigenvalue weighted by atomic mass is 9.90. The van der Waals surface area contributed by atoms with Crippen molar-refractivity contribution in [3.63, 3.8) is 0 Å². The monoisotopic (exact) mass is 360 g/mol. The highest BCUT2D eigenvalue weighted by Crippen LogP contribution is 2.27. The zero-order chi connectivity index (χ0) is 18.6. The van der Waals surface area contributed by atoms with Crippen molar-refractivity contribution in [2.24, 2.45) is 10.7 Å². The molecule has 138 valence electrons. The molecule has 1 aliphatic carbocycles. The van der Waals surface area contributed by atoms with E-state index in [1.807, 2.05) is 12.1 Å². The minimum atomic E-state index is 0.305. The second kappa shape index (κ2) is 7.66. The van der Waals surface area contributed by atoms with Crippen molar-refractivity contribution in [2.75, 3.05) is 5.32 Å². The number of nitrogens with two attached hydrogens (primary N) is 1. The van der Waals surface area contributed by atoms with E-state index >= 15 is 0 Å². The molecule has 0 spiro atoms. The number of aryl methyl sites for hydroxylation is 2. The van der Waals surface area contributed by atoms with Crippen molar-refractivity contribution < 1.29 is 4.42 Å². The second-order valence-electron chi connectivity index (χ2n) is 6.96. The van der Waals surface area contributed by atoms with Crippen LogP contribution in [0.1, 0.15) is 35.4 Å². The van der Waals surface area contributed by atoms with Gasteiger partial charge in [-0.2, -0.15) is 0 Å². The summed E-state index contributed by atoms with van der Waals surface area (Å²) < 4.78 is 5.80. The Labute approximate surface area is 159 Å². The Bertz CT molecular complexity index is 957. The van der Waals surface area contributed by atoms with E-state index in [4.69, 9.17) is 10.2 Å². The van der Waals surface area contributed by atoms with Crippen LogP contribution in [0.5, 0.6) is 0 Å². The number of benzene rings is 2. The lowest BCUT2D eigenvalue weighted by Crippen LogP contribution is -2.24. The lowest BCUT2D eigenvalue weighted by molar-refractivity contribution is 0.510. The van der Waals surface area contributed by atoms with Crippen LogP contribution in [0.4, 0.5) is 5.69 Å². The molecule has 0 radical (unpaired) electrons. The van der Waals surface area contributed by atoms with Gasteiger partial charge in [-0.15, -0.1) is 0 Å². The third kappa shape index (κ3) is 4.03. The number of aliphatic imine (C=N–C) groups is 1. The third-order valence-electron chi connectivity index (χ3n) is 4.93. The highest BCUT2D eigenvalue weighted by atomic mass is 16.4. The smallest absolute Gasteiger partial charge is 0.216 e. The van der Waals surface area contributed by atoms with E-state index in [0.29, 0.717) is 18.4 Å². The van der Waals surface area contributed by atoms with Crippen molar-refractivity contribution >= 4 is 11.6 Å². The summed E-state index contributed by atoms with van der Waals surface area (Å²) in [6.07, 6.45) is 6.44. The Morgan fingerprint density at radius 2 is 1.96 bits per heavy atom. The van der Waals surface area contributed by atoms with E-state index in [1.165, 1.54) is 29.5 Å². The summed E-state index contributed by atoms with van der Waals surface area (Å²) in [4.78, 5) is 8.69. The van der Waals surface area contributed by atoms with E-state index in [9.17, 15) is 0 Å². The summed E-state index contributed by atoms with van der Waals surface area (Å²) in [5.74, 6) is 1.67. The average Bonchev–Trinajstić information content (AvgIpc) is 3.16. The first-order valence-corrected chi connectivity index (χ1v) is 9.38. The molecular formula is C22H24N4O. The standard InChI is InChI=1S/C22H24N4O/c1-15-9-11-17(12-10-15)20-13-24-21(27-20)14-25-22(23)26-19-8-4-6-16-5-2-3-7-18(16)19/h4,6,8-13H,2-3,5,7,14H2,1H3,(H3,23,25,26). The molecule has 0 amide bonds. The van der Waals surface area contributed by atoms with Crippen LogP contribution in [-0.2, 0) is 19.4 Å². The normalized spacial score (nSPS) is 14.0. The van der Waals surface area contributed by atoms with Gasteiger partial charge in [-0.05, 0) is 49.8 Å². The quantitative estimate of drug-likeness (QED) is 0.532. The Balaban J connectivity index is 1.44. The number of rotatable bonds is 4. The molecule has 5 nitrogen and oxygen atoms in total. The minimum Gasteiger partial charge on any atom is -0.439 e. The van der Waals surface area contributed by atoms with Gasteiger partial charge in [-0.1, -0.05) is 42.0 Å². The van der Waals surface area contributed by atoms with Crippen LogP contribution in [-0.4, -0.2) is 10.9 Å². The van der Waals surface area contributed by atoms with Crippen LogP contribution >= 0.6 is 0 Å². The molecular weight excluding hydrogens is 336 g/mol. The first-order valence-electron chi connectivity index (χ1n) is 9.38. The molecule has 0 saturated heterocycles. The number of hydrogen-bond acceptors (Lipinski definition) is 3. The van der Waals surface area contributed by atoms with Crippen LogP contribution in [0.2, 0.25) is 0 Å². The van der Waals surface area contributed by atoms with Crippen LogP contribution in [0.3, 0.4) is 0 Å². The van der Waals surface area contributed by atoms with Crippen molar-refractivity contribution in [3.8, 4) is 11.3 Å². The number of oxazole rings is 1. The molecule has 5 heteroatoms. The van der Waals surface area contributed by atoms with Crippen molar-refractivity contribution in [3.05, 3.63) is 71.2 Å². The third-order valence-corrected chi connectivity index (χ3v) is 4.93. The van der Waals surface area contributed by atoms with Crippen molar-refractivity contribution in [1.29, 1.82) is 0 Å². The fourth-order valence-electron chi connectivity index (χ4n) is 3.46. The average molecular weight is 360 g/mol. The van der Waals surface area contributed by atoms with E-state index < -0.39 is 0 Å². The predicted molar refractivity (Wildman–Crippen MR) is 109 cm³/mol. The minimum absolute atomic E-state index is 0.305. The summed E-state index contributed by atoms with van der Waals surface area (Å²) in [6, 6.07) is 14.5. The van der Waals surface area contributed by atoms with Gasteiger partial charge in [0, 0.05) is 11.3 Å². The number of nitrogens with one attached hydrogen (secondary N) is 1. The molecule has 0 unspecified atom stereocenters. The zero-order valence-electron chi connectivity index (χ0n) is 15.5. The second-order valence-corrected chi connectivity index (χ2v) is 6.96. The number of anilines is 1. The Kier molecular flexibility index (Phi) is 4.92. The van der Waals surface area contributed by atoms with Crippen LogP contribution in [0.25, 0.3) is 11.3 Å². The molecule has 0 fully saturated rings. The maximum Gasteiger partial charge on any atom is 0.216 e. The number of hydrogen-bond donors (Lipinski definition) is 2. The zero-order valence-corrected chi connectivity index (χ0v) is 15.5. The maximum absolute atomic E-state index is 6.09. The van der Waals surface area contributed by atoms with Crippen LogP contribution < -0.4 is 11.1 Å². The SMILES string of the molecule is Cc1ccc(-c2cnc(CN=C(N)Nc3cccc4c3CCCC4)o2)cc1. The number of nitrogens with zero attached hydrogens (tertiary/aromatic N) is 2. The molecule has 1 aromatic heterocycles. The van der Waals surface area contributed by atoms with E-state index in [2.05, 4.69) is 52.5 Å². The highest BCUT2D eigenvalue weighted by molar-refractivity contribution is 5.93. The summed E-state index contributed by atoms with van der Waals surface area (Å²) in [6.45, 7) is 2.36. The Hall–Kier alpha value is -3.08. The van der Waals surface area contributed by atoms with E-state index in [0.717, 1.165) is 29.9 Å². The molecule has 3 N–H and O–H groups in total. The van der Waals surface area contributed by atoms with Crippen molar-refractivity contribution in [2.45, 2.75) is 39.2 Å². The van der Waals surface area contributed by atoms with Crippen LogP contribution in [0.15, 0.2) is 58.1 Å². The van der Waals surface area contributed by atoms with Gasteiger partial charge in [0.25, 0.3) is 0 Å². The number of aromatic nitrogens is 1. The topological polar surface area (TPSA) is 76.4 Å². The van der Waals surface area contributed by atoms with Gasteiger partial charge in [0.1, 0.15) is 6.54 Å². The van der Waals surface area contributed by atoms with E-state index in [1.54, 1.807) is 6.20 Å². The van der Waals surface area contributed by atoms with Crippen molar-refractivity contribution in [1.82, 2.24) is 4.98 Å². The van der Waals surface area contributed by atoms with Gasteiger partial charge in [0.2, 0.25) is 5.89 Å². The molecule has 3 aromatic rings. The molecule has 27 heavy (non-hydrogen) atoms. The predicted octanol–water partition coefficient (Wildman–Crippen LogP) is 4.46. The van der Waals surface area contributed by atoms with Gasteiger partial charge in [0.15, 0.2) is 11.7 Å². The molecule has 1 aliphatic rings. The van der Waals surface area contributed by atoms with Gasteiger partial charge < -0.3 is 15.5 Å². The first kappa shape index (κ1) is 17.3. The molecule has 0 atom stereocenters. The lowest BCUT2D eigenvalue weighted by Gasteiger charge is -2.19. The molecule has 4 rings (SSSR count). The van der Waals surface area contributed by atoms with Gasteiger partial charge >= 0.3 is 0 Å². The number of fused-ring (bicyclic) bond motifs is 1. The van der Waals surface area contributed by atoms with Gasteiger partial charge in [-0.25, -0.2) is 9.98 Å². The molecule has 0 saturated carbocycles. The van der Waals surface area contributed by atoms with Crippen LogP contribution in [0, 0.1) is 6.92 Å². The molecule has 2 aromatic carbocycles. The highest BCUT2D eigenvalue weighted by Gasteiger charge is 2.13. The van der Waals surface area contributed by atoms with Gasteiger partial charge in [-0.3, -0.25) is 0 Å². The summed E-state index contributed by atoms with van der Waals surface area (Å²) in [7, 11) is 0. The Morgan fingerprint density at radius 3 is 2.81 bits per heavy atom. The summed E-state index contributed by atoms with van der Waals surface area (Å²) in [5.41, 5.74) is 12.1. The van der Waals surface area contributed by atoms with Gasteiger partial charge in [0.05, 0.1) is 6.20 Å². The molecule has 0 aliphatic heterocycles. The summed E-state index contributed by atoms with van der Waals surface area (Å²) >= 11 is 0. The Morgan fingerprint density at radius 1 is 1.15 bits per heavy atom. The van der Waals surface area contributed by atoms with E-state index in [-0.39, 0.29) is 0 Å². The first-order chi connectivity index (χ1) is 13.2. The molecule has 1 heterocycles.